The fourth-order valence-electron chi connectivity index (χ4n) is 2.16. The van der Waals surface area contributed by atoms with E-state index in [0.29, 0.717) is 0 Å². The molecule has 0 atom stereocenters. The van der Waals surface area contributed by atoms with Crippen LogP contribution in [0.15, 0.2) is 18.5 Å². The van der Waals surface area contributed by atoms with Crippen molar-refractivity contribution in [2.45, 2.75) is 32.4 Å². The first kappa shape index (κ1) is 8.97. The molecular formula is C11H15N3O. The van der Waals surface area contributed by atoms with Crippen molar-refractivity contribution < 1.29 is 5.11 Å². The predicted octanol–water partition coefficient (Wildman–Crippen LogP) is 1.43. The van der Waals surface area contributed by atoms with Crippen LogP contribution in [0.4, 0.5) is 0 Å². The van der Waals surface area contributed by atoms with Crippen molar-refractivity contribution in [2.75, 3.05) is 0 Å². The standard InChI is InChI=1S/C11H15N3O/c15-8-10-6-11-13(4-5-14(11)12-10)7-9-2-1-3-9/h4-6,9,15H,1-3,7-8H2. The van der Waals surface area contributed by atoms with Crippen LogP contribution in [0.2, 0.25) is 0 Å². The third-order valence-electron chi connectivity index (χ3n) is 3.29. The van der Waals surface area contributed by atoms with Gasteiger partial charge in [0, 0.05) is 25.0 Å². The number of hydrogen-bond donors (Lipinski definition) is 1. The summed E-state index contributed by atoms with van der Waals surface area (Å²) < 4.78 is 4.07. The molecule has 4 nitrogen and oxygen atoms in total. The van der Waals surface area contributed by atoms with Gasteiger partial charge in [-0.3, -0.25) is 0 Å². The third kappa shape index (κ3) is 1.45. The Bertz CT molecular complexity index is 467. The SMILES string of the molecule is OCc1cc2n(CC3CCC3)ccn2n1. The normalized spacial score (nSPS) is 17.1. The Morgan fingerprint density at radius 3 is 2.93 bits per heavy atom. The molecular weight excluding hydrogens is 190 g/mol. The molecule has 0 aromatic carbocycles. The van der Waals surface area contributed by atoms with Crippen LogP contribution in [0.3, 0.4) is 0 Å². The maximum atomic E-state index is 9.00. The van der Waals surface area contributed by atoms with Gasteiger partial charge in [0.1, 0.15) is 5.65 Å². The second-order valence-corrected chi connectivity index (χ2v) is 4.34. The van der Waals surface area contributed by atoms with Crippen LogP contribution in [-0.2, 0) is 13.2 Å². The van der Waals surface area contributed by atoms with E-state index < -0.39 is 0 Å². The maximum absolute atomic E-state index is 9.00. The van der Waals surface area contributed by atoms with Gasteiger partial charge in [-0.05, 0) is 18.8 Å². The van der Waals surface area contributed by atoms with Crippen LogP contribution in [0.1, 0.15) is 25.0 Å². The lowest BCUT2D eigenvalue weighted by Crippen LogP contribution is -2.17. The highest BCUT2D eigenvalue weighted by Crippen LogP contribution is 2.28. The van der Waals surface area contributed by atoms with Gasteiger partial charge in [-0.1, -0.05) is 6.42 Å². The number of rotatable bonds is 3. The Kier molecular flexibility index (Phi) is 2.02. The molecule has 15 heavy (non-hydrogen) atoms. The van der Waals surface area contributed by atoms with E-state index in [-0.39, 0.29) is 6.61 Å². The molecule has 0 bridgehead atoms. The molecule has 0 amide bonds. The van der Waals surface area contributed by atoms with Crippen LogP contribution in [0, 0.1) is 5.92 Å². The number of fused-ring (bicyclic) bond motifs is 1. The highest BCUT2D eigenvalue weighted by atomic mass is 16.3. The largest absolute Gasteiger partial charge is 0.390 e. The van der Waals surface area contributed by atoms with E-state index >= 15 is 0 Å². The fraction of sp³-hybridized carbons (Fsp3) is 0.545. The molecule has 0 aliphatic heterocycles. The van der Waals surface area contributed by atoms with Crippen LogP contribution in [-0.4, -0.2) is 19.3 Å². The molecule has 0 unspecified atom stereocenters. The molecule has 4 heteroatoms. The number of nitrogens with zero attached hydrogens (tertiary/aromatic N) is 3. The Morgan fingerprint density at radius 2 is 2.27 bits per heavy atom. The van der Waals surface area contributed by atoms with Gasteiger partial charge in [0.2, 0.25) is 0 Å². The zero-order valence-electron chi connectivity index (χ0n) is 8.63. The minimum atomic E-state index is 0.0190. The van der Waals surface area contributed by atoms with E-state index in [2.05, 4.69) is 15.9 Å². The second kappa shape index (κ2) is 3.38. The molecule has 1 N–H and O–H groups in total. The van der Waals surface area contributed by atoms with Crippen molar-refractivity contribution in [3.63, 3.8) is 0 Å². The number of aromatic nitrogens is 3. The molecule has 1 aliphatic carbocycles. The van der Waals surface area contributed by atoms with Crippen LogP contribution < -0.4 is 0 Å². The Balaban J connectivity index is 1.91. The first-order valence-electron chi connectivity index (χ1n) is 5.51. The molecule has 1 saturated carbocycles. The summed E-state index contributed by atoms with van der Waals surface area (Å²) >= 11 is 0. The molecule has 2 aromatic heterocycles. The lowest BCUT2D eigenvalue weighted by molar-refractivity contribution is 0.276. The Morgan fingerprint density at radius 1 is 1.40 bits per heavy atom. The molecule has 80 valence electrons. The molecule has 1 fully saturated rings. The van der Waals surface area contributed by atoms with Gasteiger partial charge < -0.3 is 9.67 Å². The van der Waals surface area contributed by atoms with E-state index in [1.165, 1.54) is 19.3 Å². The summed E-state index contributed by atoms with van der Waals surface area (Å²) in [6.07, 6.45) is 8.11. The summed E-state index contributed by atoms with van der Waals surface area (Å²) in [5, 5.41) is 13.3. The van der Waals surface area contributed by atoms with E-state index in [0.717, 1.165) is 23.8 Å². The van der Waals surface area contributed by atoms with Crippen molar-refractivity contribution in [2.24, 2.45) is 5.92 Å². The minimum Gasteiger partial charge on any atom is -0.390 e. The van der Waals surface area contributed by atoms with Gasteiger partial charge >= 0.3 is 0 Å². The highest BCUT2D eigenvalue weighted by Gasteiger charge is 2.18. The number of aliphatic hydroxyl groups is 1. The lowest BCUT2D eigenvalue weighted by atomic mass is 9.85. The van der Waals surface area contributed by atoms with Gasteiger partial charge in [0.25, 0.3) is 0 Å². The van der Waals surface area contributed by atoms with E-state index in [1.807, 2.05) is 16.8 Å². The summed E-state index contributed by atoms with van der Waals surface area (Å²) in [5.41, 5.74) is 1.83. The van der Waals surface area contributed by atoms with E-state index in [1.54, 1.807) is 0 Å². The van der Waals surface area contributed by atoms with Crippen molar-refractivity contribution in [1.82, 2.24) is 14.2 Å². The van der Waals surface area contributed by atoms with E-state index in [9.17, 15) is 0 Å². The maximum Gasteiger partial charge on any atom is 0.136 e. The fourth-order valence-corrected chi connectivity index (χ4v) is 2.16. The number of hydrogen-bond acceptors (Lipinski definition) is 2. The third-order valence-corrected chi connectivity index (χ3v) is 3.29. The van der Waals surface area contributed by atoms with E-state index in [4.69, 9.17) is 5.11 Å². The number of imidazole rings is 1. The molecule has 3 rings (SSSR count). The molecule has 2 heterocycles. The smallest absolute Gasteiger partial charge is 0.136 e. The van der Waals surface area contributed by atoms with Crippen molar-refractivity contribution >= 4 is 5.65 Å². The zero-order chi connectivity index (χ0) is 10.3. The molecule has 0 saturated heterocycles. The summed E-state index contributed by atoms with van der Waals surface area (Å²) in [5.74, 6) is 0.841. The van der Waals surface area contributed by atoms with Crippen LogP contribution in [0.5, 0.6) is 0 Å². The number of aliphatic hydroxyl groups excluding tert-OH is 1. The average molecular weight is 205 g/mol. The quantitative estimate of drug-likeness (QED) is 0.823. The van der Waals surface area contributed by atoms with Gasteiger partial charge in [-0.2, -0.15) is 5.10 Å². The zero-order valence-corrected chi connectivity index (χ0v) is 8.63. The molecule has 0 radical (unpaired) electrons. The van der Waals surface area contributed by atoms with Gasteiger partial charge in [-0.25, -0.2) is 4.52 Å². The first-order valence-corrected chi connectivity index (χ1v) is 5.51. The van der Waals surface area contributed by atoms with Crippen LogP contribution >= 0.6 is 0 Å². The summed E-state index contributed by atoms with van der Waals surface area (Å²) in [7, 11) is 0. The average Bonchev–Trinajstić information content (AvgIpc) is 2.71. The molecule has 0 spiro atoms. The Labute approximate surface area is 88.1 Å². The summed E-state index contributed by atoms with van der Waals surface area (Å²) in [6.45, 7) is 1.11. The van der Waals surface area contributed by atoms with Crippen molar-refractivity contribution in [3.8, 4) is 0 Å². The predicted molar refractivity (Wildman–Crippen MR) is 56.4 cm³/mol. The molecule has 1 aliphatic rings. The monoisotopic (exact) mass is 205 g/mol. The minimum absolute atomic E-state index is 0.0190. The summed E-state index contributed by atoms with van der Waals surface area (Å²) in [6, 6.07) is 1.96. The van der Waals surface area contributed by atoms with Crippen LogP contribution in [0.25, 0.3) is 5.65 Å². The highest BCUT2D eigenvalue weighted by molar-refractivity contribution is 5.41. The van der Waals surface area contributed by atoms with Crippen molar-refractivity contribution in [1.29, 1.82) is 0 Å². The van der Waals surface area contributed by atoms with Crippen molar-refractivity contribution in [3.05, 3.63) is 24.2 Å². The van der Waals surface area contributed by atoms with Gasteiger partial charge in [0.15, 0.2) is 0 Å². The summed E-state index contributed by atoms with van der Waals surface area (Å²) in [4.78, 5) is 0. The second-order valence-electron chi connectivity index (χ2n) is 4.34. The van der Waals surface area contributed by atoms with Gasteiger partial charge in [-0.15, -0.1) is 0 Å². The van der Waals surface area contributed by atoms with Gasteiger partial charge in [0.05, 0.1) is 12.3 Å². The lowest BCUT2D eigenvalue weighted by Gasteiger charge is -2.25. The Hall–Kier alpha value is -1.29. The topological polar surface area (TPSA) is 42.5 Å². The molecule has 2 aromatic rings. The first-order chi connectivity index (χ1) is 7.36.